The van der Waals surface area contributed by atoms with E-state index >= 15 is 0 Å². The van der Waals surface area contributed by atoms with Crippen molar-refractivity contribution in [2.75, 3.05) is 64.7 Å². The molecule has 1 aromatic rings. The standard InChI is InChI=1S/C42H72N4O11/c1-38(2,3)53-33(47)24-44(20-21-45(25-34(48)54-39(4,5)6)26-35(49)55-40(7,8)9)22-23-46(27-36(50)56-41(10,11)12)32(37(51)57-42(13,14)15)29-52-28-30-16-18-31(43)19-17-30/h16-19,32H,20-29,43H2,1-15H3. The average molecular weight is 809 g/mol. The zero-order valence-electron chi connectivity index (χ0n) is 37.4. The normalized spacial score (nSPS) is 13.4. The molecule has 0 aromatic heterocycles. The van der Waals surface area contributed by atoms with Crippen LogP contribution in [0.15, 0.2) is 24.3 Å². The van der Waals surface area contributed by atoms with Gasteiger partial charge in [0, 0.05) is 31.9 Å². The quantitative estimate of drug-likeness (QED) is 0.108. The van der Waals surface area contributed by atoms with E-state index in [-0.39, 0.29) is 65.6 Å². The Labute approximate surface area is 341 Å². The summed E-state index contributed by atoms with van der Waals surface area (Å²) in [5.41, 5.74) is 3.35. The van der Waals surface area contributed by atoms with E-state index in [1.807, 2.05) is 12.1 Å². The summed E-state index contributed by atoms with van der Waals surface area (Å²) in [6.07, 6.45) is 0. The lowest BCUT2D eigenvalue weighted by atomic mass is 10.1. The maximum atomic E-state index is 13.9. The summed E-state index contributed by atoms with van der Waals surface area (Å²) in [5.74, 6) is -2.76. The molecule has 0 heterocycles. The van der Waals surface area contributed by atoms with Crippen molar-refractivity contribution in [1.82, 2.24) is 14.7 Å². The van der Waals surface area contributed by atoms with Crippen LogP contribution in [0.25, 0.3) is 0 Å². The van der Waals surface area contributed by atoms with Gasteiger partial charge in [-0.25, -0.2) is 0 Å². The summed E-state index contributed by atoms with van der Waals surface area (Å²) in [5, 5.41) is 0. The van der Waals surface area contributed by atoms with Crippen LogP contribution in [-0.4, -0.2) is 138 Å². The molecule has 15 heteroatoms. The van der Waals surface area contributed by atoms with Gasteiger partial charge in [0.05, 0.1) is 39.4 Å². The van der Waals surface area contributed by atoms with Crippen LogP contribution in [0.4, 0.5) is 5.69 Å². The van der Waals surface area contributed by atoms with E-state index in [1.54, 1.807) is 131 Å². The van der Waals surface area contributed by atoms with Crippen molar-refractivity contribution in [1.29, 1.82) is 0 Å². The lowest BCUT2D eigenvalue weighted by molar-refractivity contribution is -0.168. The highest BCUT2D eigenvalue weighted by molar-refractivity contribution is 5.78. The van der Waals surface area contributed by atoms with Crippen LogP contribution in [-0.2, 0) is 59.0 Å². The predicted octanol–water partition coefficient (Wildman–Crippen LogP) is 4.77. The van der Waals surface area contributed by atoms with Crippen molar-refractivity contribution in [3.8, 4) is 0 Å². The Morgan fingerprint density at radius 1 is 0.509 bits per heavy atom. The number of rotatable bonds is 20. The molecule has 0 aliphatic rings. The fourth-order valence-electron chi connectivity index (χ4n) is 5.18. The molecule has 1 rings (SSSR count). The first-order chi connectivity index (χ1) is 25.8. The van der Waals surface area contributed by atoms with Gasteiger partial charge in [-0.05, 0) is 122 Å². The molecule has 15 nitrogen and oxygen atoms in total. The lowest BCUT2D eigenvalue weighted by Crippen LogP contribution is -2.53. The van der Waals surface area contributed by atoms with Crippen LogP contribution in [0.3, 0.4) is 0 Å². The first kappa shape index (κ1) is 51.2. The van der Waals surface area contributed by atoms with E-state index in [4.69, 9.17) is 34.2 Å². The monoisotopic (exact) mass is 809 g/mol. The summed E-state index contributed by atoms with van der Waals surface area (Å²) < 4.78 is 34.3. The summed E-state index contributed by atoms with van der Waals surface area (Å²) in [4.78, 5) is 71.3. The molecule has 1 atom stereocenters. The SMILES string of the molecule is CC(C)(C)OC(=O)CN(CCN(CC(=O)OC(C)(C)C)CC(=O)OC(C)(C)C)CCN(CC(=O)OC(C)(C)C)C(COCc1ccc(N)cc1)C(=O)OC(C)(C)C. The molecule has 0 fully saturated rings. The predicted molar refractivity (Wildman–Crippen MR) is 218 cm³/mol. The fraction of sp³-hybridized carbons (Fsp3) is 0.738. The Morgan fingerprint density at radius 3 is 1.26 bits per heavy atom. The Balaban J connectivity index is 3.53. The van der Waals surface area contributed by atoms with Crippen molar-refractivity contribution in [2.45, 2.75) is 145 Å². The van der Waals surface area contributed by atoms with Crippen LogP contribution in [0.5, 0.6) is 0 Å². The highest BCUT2D eigenvalue weighted by Gasteiger charge is 2.34. The number of nitrogens with zero attached hydrogens (tertiary/aromatic N) is 3. The minimum Gasteiger partial charge on any atom is -0.459 e. The van der Waals surface area contributed by atoms with Gasteiger partial charge in [0.1, 0.15) is 34.0 Å². The van der Waals surface area contributed by atoms with Gasteiger partial charge in [0.15, 0.2) is 0 Å². The highest BCUT2D eigenvalue weighted by Crippen LogP contribution is 2.17. The van der Waals surface area contributed by atoms with E-state index in [2.05, 4.69) is 0 Å². The maximum Gasteiger partial charge on any atom is 0.326 e. The van der Waals surface area contributed by atoms with E-state index in [9.17, 15) is 24.0 Å². The van der Waals surface area contributed by atoms with E-state index < -0.39 is 63.9 Å². The first-order valence-electron chi connectivity index (χ1n) is 19.5. The van der Waals surface area contributed by atoms with E-state index in [1.165, 1.54) is 0 Å². The number of nitrogen functional groups attached to an aromatic ring is 1. The van der Waals surface area contributed by atoms with Crippen LogP contribution in [0.2, 0.25) is 0 Å². The Morgan fingerprint density at radius 2 is 0.860 bits per heavy atom. The van der Waals surface area contributed by atoms with E-state index in [0.29, 0.717) is 5.69 Å². The van der Waals surface area contributed by atoms with Crippen molar-refractivity contribution in [3.63, 3.8) is 0 Å². The summed E-state index contributed by atoms with van der Waals surface area (Å²) >= 11 is 0. The molecule has 0 bridgehead atoms. The van der Waals surface area contributed by atoms with Gasteiger partial charge >= 0.3 is 29.8 Å². The molecule has 0 spiro atoms. The molecule has 0 amide bonds. The first-order valence-corrected chi connectivity index (χ1v) is 19.5. The molecular weight excluding hydrogens is 736 g/mol. The van der Waals surface area contributed by atoms with E-state index in [0.717, 1.165) is 5.56 Å². The number of carbonyl (C=O) groups is 5. The number of hydrogen-bond donors (Lipinski definition) is 1. The molecule has 0 saturated carbocycles. The molecule has 0 saturated heterocycles. The van der Waals surface area contributed by atoms with Gasteiger partial charge in [-0.1, -0.05) is 12.1 Å². The Bertz CT molecular complexity index is 1420. The van der Waals surface area contributed by atoms with Crippen LogP contribution in [0, 0.1) is 0 Å². The van der Waals surface area contributed by atoms with Crippen molar-refractivity contribution >= 4 is 35.5 Å². The average Bonchev–Trinajstić information content (AvgIpc) is 2.96. The van der Waals surface area contributed by atoms with Crippen molar-refractivity contribution < 1.29 is 52.4 Å². The third-order valence-electron chi connectivity index (χ3n) is 7.15. The second-order valence-corrected chi connectivity index (χ2v) is 19.1. The van der Waals surface area contributed by atoms with Gasteiger partial charge < -0.3 is 34.2 Å². The Kier molecular flexibility index (Phi) is 19.6. The number of anilines is 1. The molecule has 2 N–H and O–H groups in total. The minimum absolute atomic E-state index is 0.0787. The maximum absolute atomic E-state index is 13.9. The number of nitrogens with two attached hydrogens (primary N) is 1. The largest absolute Gasteiger partial charge is 0.459 e. The molecule has 1 unspecified atom stereocenters. The summed E-state index contributed by atoms with van der Waals surface area (Å²) in [6, 6.07) is 6.09. The number of esters is 5. The van der Waals surface area contributed by atoms with Crippen molar-refractivity contribution in [3.05, 3.63) is 29.8 Å². The second kappa shape index (κ2) is 21.8. The molecular formula is C42H72N4O11. The van der Waals surface area contributed by atoms with Gasteiger partial charge in [-0.3, -0.25) is 38.7 Å². The van der Waals surface area contributed by atoms with Crippen LogP contribution in [0.1, 0.15) is 109 Å². The number of benzene rings is 1. The molecule has 57 heavy (non-hydrogen) atoms. The van der Waals surface area contributed by atoms with Gasteiger partial charge in [-0.15, -0.1) is 0 Å². The van der Waals surface area contributed by atoms with Crippen LogP contribution >= 0.6 is 0 Å². The zero-order valence-corrected chi connectivity index (χ0v) is 37.4. The van der Waals surface area contributed by atoms with Crippen molar-refractivity contribution in [2.24, 2.45) is 0 Å². The molecule has 0 aliphatic carbocycles. The smallest absolute Gasteiger partial charge is 0.326 e. The molecule has 0 aliphatic heterocycles. The lowest BCUT2D eigenvalue weighted by Gasteiger charge is -2.34. The molecule has 1 aromatic carbocycles. The molecule has 0 radical (unpaired) electrons. The Hall–Kier alpha value is -3.79. The highest BCUT2D eigenvalue weighted by atomic mass is 16.6. The number of ether oxygens (including phenoxy) is 6. The topological polar surface area (TPSA) is 176 Å². The summed E-state index contributed by atoms with van der Waals surface area (Å²) in [7, 11) is 0. The second-order valence-electron chi connectivity index (χ2n) is 19.1. The number of hydrogen-bond acceptors (Lipinski definition) is 15. The minimum atomic E-state index is -1.05. The zero-order chi connectivity index (χ0) is 44.0. The fourth-order valence-corrected chi connectivity index (χ4v) is 5.18. The third-order valence-corrected chi connectivity index (χ3v) is 7.15. The van der Waals surface area contributed by atoms with Gasteiger partial charge in [-0.2, -0.15) is 0 Å². The third kappa shape index (κ3) is 26.0. The molecule has 326 valence electrons. The van der Waals surface area contributed by atoms with Gasteiger partial charge in [0.2, 0.25) is 0 Å². The number of carbonyl (C=O) groups excluding carboxylic acids is 5. The van der Waals surface area contributed by atoms with Crippen LogP contribution < -0.4 is 5.73 Å². The summed E-state index contributed by atoms with van der Waals surface area (Å²) in [6.45, 7) is 26.0. The van der Waals surface area contributed by atoms with Gasteiger partial charge in [0.25, 0.3) is 0 Å².